The first kappa shape index (κ1) is 16.9. The Labute approximate surface area is 119 Å². The molecule has 1 rings (SSSR count). The molecule has 0 bridgehead atoms. The van der Waals surface area contributed by atoms with E-state index in [0.29, 0.717) is 6.10 Å². The van der Waals surface area contributed by atoms with Gasteiger partial charge in [-0.05, 0) is 64.6 Å². The summed E-state index contributed by atoms with van der Waals surface area (Å²) < 4.78 is 5.79. The van der Waals surface area contributed by atoms with E-state index < -0.39 is 0 Å². The molecular weight excluding hydrogens is 236 g/mol. The van der Waals surface area contributed by atoms with E-state index in [1.165, 1.54) is 57.9 Å². The van der Waals surface area contributed by atoms with Gasteiger partial charge in [-0.25, -0.2) is 0 Å². The summed E-state index contributed by atoms with van der Waals surface area (Å²) in [5.74, 6) is 0.842. The summed E-state index contributed by atoms with van der Waals surface area (Å²) in [4.78, 5) is 2.45. The van der Waals surface area contributed by atoms with Crippen molar-refractivity contribution in [2.24, 2.45) is 11.7 Å². The van der Waals surface area contributed by atoms with Gasteiger partial charge >= 0.3 is 0 Å². The van der Waals surface area contributed by atoms with Crippen molar-refractivity contribution in [3.8, 4) is 0 Å². The van der Waals surface area contributed by atoms with Crippen molar-refractivity contribution in [3.05, 3.63) is 0 Å². The Balaban J connectivity index is 2.09. The second-order valence-corrected chi connectivity index (χ2v) is 6.13. The van der Waals surface area contributed by atoms with Gasteiger partial charge in [-0.1, -0.05) is 19.8 Å². The fourth-order valence-electron chi connectivity index (χ4n) is 3.12. The molecule has 1 aliphatic rings. The van der Waals surface area contributed by atoms with Gasteiger partial charge in [0.05, 0.1) is 6.10 Å². The standard InChI is InChI=1S/C16H34N2O/c1-3-7-15(10-11-17)8-6-12-18(2)14-16-9-4-5-13-19-16/h15-16H,3-14,17H2,1-2H3. The van der Waals surface area contributed by atoms with Crippen LogP contribution in [0, 0.1) is 5.92 Å². The fraction of sp³-hybridized carbons (Fsp3) is 1.00. The SMILES string of the molecule is CCCC(CCN)CCCN(C)CC1CCCCO1. The van der Waals surface area contributed by atoms with Crippen LogP contribution in [-0.4, -0.2) is 44.3 Å². The van der Waals surface area contributed by atoms with E-state index in [9.17, 15) is 0 Å². The zero-order valence-electron chi connectivity index (χ0n) is 13.1. The summed E-state index contributed by atoms with van der Waals surface area (Å²) in [5.41, 5.74) is 5.69. The molecule has 19 heavy (non-hydrogen) atoms. The van der Waals surface area contributed by atoms with Crippen molar-refractivity contribution >= 4 is 0 Å². The molecule has 114 valence electrons. The van der Waals surface area contributed by atoms with Gasteiger partial charge < -0.3 is 15.4 Å². The first-order chi connectivity index (χ1) is 9.26. The lowest BCUT2D eigenvalue weighted by molar-refractivity contribution is -0.00173. The molecule has 2 unspecified atom stereocenters. The second kappa shape index (κ2) is 10.6. The minimum atomic E-state index is 0.481. The molecule has 3 heteroatoms. The van der Waals surface area contributed by atoms with E-state index in [1.54, 1.807) is 0 Å². The molecule has 0 amide bonds. The van der Waals surface area contributed by atoms with Crippen LogP contribution in [0.25, 0.3) is 0 Å². The number of likely N-dealkylation sites (N-methyl/N-ethyl adjacent to an activating group) is 1. The number of nitrogens with zero attached hydrogens (tertiary/aromatic N) is 1. The molecule has 1 fully saturated rings. The smallest absolute Gasteiger partial charge is 0.0701 e. The van der Waals surface area contributed by atoms with Gasteiger partial charge in [-0.2, -0.15) is 0 Å². The van der Waals surface area contributed by atoms with Gasteiger partial charge in [0, 0.05) is 13.2 Å². The monoisotopic (exact) mass is 270 g/mol. The van der Waals surface area contributed by atoms with E-state index in [0.717, 1.165) is 25.6 Å². The number of nitrogens with two attached hydrogens (primary N) is 1. The molecule has 0 aliphatic carbocycles. The van der Waals surface area contributed by atoms with Crippen LogP contribution in [0.15, 0.2) is 0 Å². The fourth-order valence-corrected chi connectivity index (χ4v) is 3.12. The molecule has 2 atom stereocenters. The Morgan fingerprint density at radius 2 is 2.11 bits per heavy atom. The number of hydrogen-bond donors (Lipinski definition) is 1. The Morgan fingerprint density at radius 1 is 1.26 bits per heavy atom. The molecule has 3 nitrogen and oxygen atoms in total. The molecule has 0 radical (unpaired) electrons. The molecule has 0 aromatic carbocycles. The van der Waals surface area contributed by atoms with Crippen LogP contribution in [0.2, 0.25) is 0 Å². The quantitative estimate of drug-likeness (QED) is 0.663. The van der Waals surface area contributed by atoms with Crippen molar-refractivity contribution in [2.45, 2.75) is 64.4 Å². The summed E-state index contributed by atoms with van der Waals surface area (Å²) in [7, 11) is 2.23. The van der Waals surface area contributed by atoms with Crippen molar-refractivity contribution < 1.29 is 4.74 Å². The number of rotatable bonds is 10. The van der Waals surface area contributed by atoms with Gasteiger partial charge in [0.25, 0.3) is 0 Å². The molecule has 2 N–H and O–H groups in total. The molecule has 1 heterocycles. The van der Waals surface area contributed by atoms with E-state index in [1.807, 2.05) is 0 Å². The molecule has 0 aromatic rings. The van der Waals surface area contributed by atoms with E-state index in [2.05, 4.69) is 18.9 Å². The maximum Gasteiger partial charge on any atom is 0.0701 e. The van der Waals surface area contributed by atoms with Crippen molar-refractivity contribution in [1.29, 1.82) is 0 Å². The third-order valence-electron chi connectivity index (χ3n) is 4.21. The summed E-state index contributed by atoms with van der Waals surface area (Å²) in [6.07, 6.45) is 10.8. The second-order valence-electron chi connectivity index (χ2n) is 6.13. The third kappa shape index (κ3) is 7.91. The highest BCUT2D eigenvalue weighted by atomic mass is 16.5. The predicted octanol–water partition coefficient (Wildman–Crippen LogP) is 3.03. The molecule has 1 saturated heterocycles. The maximum absolute atomic E-state index is 5.79. The highest BCUT2D eigenvalue weighted by Crippen LogP contribution is 2.18. The first-order valence-corrected chi connectivity index (χ1v) is 8.26. The zero-order chi connectivity index (χ0) is 13.9. The van der Waals surface area contributed by atoms with E-state index in [4.69, 9.17) is 10.5 Å². The van der Waals surface area contributed by atoms with Crippen LogP contribution < -0.4 is 5.73 Å². The largest absolute Gasteiger partial charge is 0.377 e. The van der Waals surface area contributed by atoms with Gasteiger partial charge in [0.15, 0.2) is 0 Å². The minimum Gasteiger partial charge on any atom is -0.377 e. The zero-order valence-corrected chi connectivity index (χ0v) is 13.1. The Kier molecular flexibility index (Phi) is 9.48. The molecular formula is C16H34N2O. The summed E-state index contributed by atoms with van der Waals surface area (Å²) in [5, 5.41) is 0. The minimum absolute atomic E-state index is 0.481. The van der Waals surface area contributed by atoms with Gasteiger partial charge in [-0.15, -0.1) is 0 Å². The molecule has 1 aliphatic heterocycles. The number of hydrogen-bond acceptors (Lipinski definition) is 3. The summed E-state index contributed by atoms with van der Waals surface area (Å²) >= 11 is 0. The van der Waals surface area contributed by atoms with Crippen molar-refractivity contribution in [2.75, 3.05) is 33.3 Å². The lowest BCUT2D eigenvalue weighted by Crippen LogP contribution is -2.34. The Morgan fingerprint density at radius 3 is 2.74 bits per heavy atom. The van der Waals surface area contributed by atoms with Crippen LogP contribution in [0.4, 0.5) is 0 Å². The van der Waals surface area contributed by atoms with Gasteiger partial charge in [0.2, 0.25) is 0 Å². The van der Waals surface area contributed by atoms with Crippen LogP contribution in [0.3, 0.4) is 0 Å². The topological polar surface area (TPSA) is 38.5 Å². The average Bonchev–Trinajstić information content (AvgIpc) is 2.40. The lowest BCUT2D eigenvalue weighted by atomic mass is 9.94. The average molecular weight is 270 g/mol. The number of ether oxygens (including phenoxy) is 1. The lowest BCUT2D eigenvalue weighted by Gasteiger charge is -2.27. The highest BCUT2D eigenvalue weighted by Gasteiger charge is 2.15. The van der Waals surface area contributed by atoms with Gasteiger partial charge in [0.1, 0.15) is 0 Å². The Bertz CT molecular complexity index is 199. The molecule has 0 spiro atoms. The molecule has 0 aromatic heterocycles. The Hall–Kier alpha value is -0.120. The van der Waals surface area contributed by atoms with Crippen LogP contribution in [0.1, 0.15) is 58.3 Å². The van der Waals surface area contributed by atoms with Crippen molar-refractivity contribution in [3.63, 3.8) is 0 Å². The predicted molar refractivity (Wildman–Crippen MR) is 82.4 cm³/mol. The highest BCUT2D eigenvalue weighted by molar-refractivity contribution is 4.68. The third-order valence-corrected chi connectivity index (χ3v) is 4.21. The maximum atomic E-state index is 5.79. The normalized spacial score (nSPS) is 21.8. The van der Waals surface area contributed by atoms with E-state index >= 15 is 0 Å². The van der Waals surface area contributed by atoms with Crippen molar-refractivity contribution in [1.82, 2.24) is 4.90 Å². The summed E-state index contributed by atoms with van der Waals surface area (Å²) in [6, 6.07) is 0. The van der Waals surface area contributed by atoms with Crippen LogP contribution in [-0.2, 0) is 4.74 Å². The van der Waals surface area contributed by atoms with E-state index in [-0.39, 0.29) is 0 Å². The van der Waals surface area contributed by atoms with Crippen LogP contribution in [0.5, 0.6) is 0 Å². The molecule has 0 saturated carbocycles. The van der Waals surface area contributed by atoms with Gasteiger partial charge in [-0.3, -0.25) is 0 Å². The first-order valence-electron chi connectivity index (χ1n) is 8.26. The summed E-state index contributed by atoms with van der Waals surface area (Å²) in [6.45, 7) is 6.39. The van der Waals surface area contributed by atoms with Crippen LogP contribution >= 0.6 is 0 Å².